The third kappa shape index (κ3) is 1.37. The van der Waals surface area contributed by atoms with Crippen molar-refractivity contribution >= 4 is 5.65 Å². The highest BCUT2D eigenvalue weighted by Crippen LogP contribution is 2.19. The van der Waals surface area contributed by atoms with Crippen molar-refractivity contribution in [2.24, 2.45) is 0 Å². The zero-order valence-electron chi connectivity index (χ0n) is 9.14. The number of hydrogen-bond donors (Lipinski definition) is 1. The second-order valence-electron chi connectivity index (χ2n) is 3.91. The van der Waals surface area contributed by atoms with Crippen LogP contribution < -0.4 is 5.48 Å². The monoisotopic (exact) mass is 216 g/mol. The van der Waals surface area contributed by atoms with E-state index in [1.165, 1.54) is 0 Å². The maximum Gasteiger partial charge on any atom is 0.158 e. The van der Waals surface area contributed by atoms with Gasteiger partial charge in [-0.2, -0.15) is 0 Å². The lowest BCUT2D eigenvalue weighted by Gasteiger charge is -2.01. The summed E-state index contributed by atoms with van der Waals surface area (Å²) in [6, 6.07) is 0.0274. The molecule has 3 heterocycles. The van der Waals surface area contributed by atoms with E-state index >= 15 is 0 Å². The van der Waals surface area contributed by atoms with E-state index in [0.29, 0.717) is 0 Å². The summed E-state index contributed by atoms with van der Waals surface area (Å²) in [4.78, 5) is 13.9. The number of nitrogens with one attached hydrogen (secondary N) is 1. The van der Waals surface area contributed by atoms with E-state index in [2.05, 4.69) is 15.4 Å². The van der Waals surface area contributed by atoms with Crippen LogP contribution in [0, 0.1) is 13.8 Å². The molecule has 1 aliphatic heterocycles. The summed E-state index contributed by atoms with van der Waals surface area (Å²) in [5.74, 6) is 0. The molecule has 0 amide bonds. The Morgan fingerprint density at radius 1 is 1.31 bits per heavy atom. The molecule has 1 aliphatic rings. The van der Waals surface area contributed by atoms with Gasteiger partial charge in [0, 0.05) is 12.4 Å². The fraction of sp³-hybridized carbons (Fsp3) is 0.273. The summed E-state index contributed by atoms with van der Waals surface area (Å²) in [5.41, 5.74) is 6.61. The first-order valence-corrected chi connectivity index (χ1v) is 5.15. The molecule has 0 bridgehead atoms. The molecule has 2 aromatic rings. The van der Waals surface area contributed by atoms with Crippen LogP contribution in [-0.4, -0.2) is 14.4 Å². The van der Waals surface area contributed by atoms with Gasteiger partial charge in [-0.15, -0.1) is 5.48 Å². The first kappa shape index (κ1) is 9.35. The summed E-state index contributed by atoms with van der Waals surface area (Å²) >= 11 is 0. The van der Waals surface area contributed by atoms with Gasteiger partial charge in [-0.3, -0.25) is 4.98 Å². The lowest BCUT2D eigenvalue weighted by Crippen LogP contribution is -2.12. The van der Waals surface area contributed by atoms with E-state index in [-0.39, 0.29) is 6.04 Å². The SMILES string of the molecule is Cc1cn2cc(C3C=CON3)nc2c(C)n1. The van der Waals surface area contributed by atoms with Gasteiger partial charge in [-0.1, -0.05) is 0 Å². The van der Waals surface area contributed by atoms with Gasteiger partial charge in [0.2, 0.25) is 0 Å². The number of hydrogen-bond acceptors (Lipinski definition) is 4. The molecule has 0 radical (unpaired) electrons. The number of nitrogens with zero attached hydrogens (tertiary/aromatic N) is 3. The standard InChI is InChI=1S/C11H12N4O/c1-7-5-15-6-10(9-3-4-16-14-9)13-11(15)8(2)12-7/h3-6,9,14H,1-2H3. The Morgan fingerprint density at radius 3 is 2.94 bits per heavy atom. The number of aryl methyl sites for hydroxylation is 2. The molecule has 0 saturated heterocycles. The summed E-state index contributed by atoms with van der Waals surface area (Å²) in [6.45, 7) is 3.94. The van der Waals surface area contributed by atoms with Gasteiger partial charge in [0.25, 0.3) is 0 Å². The highest BCUT2D eigenvalue weighted by molar-refractivity contribution is 5.45. The fourth-order valence-electron chi connectivity index (χ4n) is 1.90. The Balaban J connectivity index is 2.15. The van der Waals surface area contributed by atoms with E-state index in [4.69, 9.17) is 4.84 Å². The molecule has 0 saturated carbocycles. The molecule has 3 rings (SSSR count). The van der Waals surface area contributed by atoms with Crippen LogP contribution in [-0.2, 0) is 4.84 Å². The van der Waals surface area contributed by atoms with Gasteiger partial charge in [0.1, 0.15) is 12.3 Å². The van der Waals surface area contributed by atoms with Crippen molar-refractivity contribution in [3.05, 3.63) is 41.8 Å². The second-order valence-corrected chi connectivity index (χ2v) is 3.91. The Morgan fingerprint density at radius 2 is 2.19 bits per heavy atom. The number of fused-ring (bicyclic) bond motifs is 1. The minimum Gasteiger partial charge on any atom is -0.416 e. The number of rotatable bonds is 1. The van der Waals surface area contributed by atoms with Crippen LogP contribution in [0.25, 0.3) is 5.65 Å². The van der Waals surface area contributed by atoms with Gasteiger partial charge in [0.05, 0.1) is 17.1 Å². The molecule has 5 nitrogen and oxygen atoms in total. The number of aromatic nitrogens is 3. The highest BCUT2D eigenvalue weighted by atomic mass is 16.6. The Labute approximate surface area is 92.7 Å². The van der Waals surface area contributed by atoms with E-state index in [1.54, 1.807) is 6.26 Å². The largest absolute Gasteiger partial charge is 0.416 e. The molecule has 16 heavy (non-hydrogen) atoms. The van der Waals surface area contributed by atoms with Crippen molar-refractivity contribution in [3.8, 4) is 0 Å². The predicted molar refractivity (Wildman–Crippen MR) is 58.6 cm³/mol. The maximum absolute atomic E-state index is 4.97. The molecule has 1 unspecified atom stereocenters. The molecular weight excluding hydrogens is 204 g/mol. The summed E-state index contributed by atoms with van der Waals surface area (Å²) in [6.07, 6.45) is 7.52. The van der Waals surface area contributed by atoms with Gasteiger partial charge < -0.3 is 9.24 Å². The van der Waals surface area contributed by atoms with Gasteiger partial charge in [-0.25, -0.2) is 4.98 Å². The lowest BCUT2D eigenvalue weighted by atomic mass is 10.2. The highest BCUT2D eigenvalue weighted by Gasteiger charge is 2.16. The molecule has 1 atom stereocenters. The minimum atomic E-state index is 0.0274. The van der Waals surface area contributed by atoms with Crippen molar-refractivity contribution in [1.29, 1.82) is 0 Å². The molecule has 82 valence electrons. The van der Waals surface area contributed by atoms with Crippen LogP contribution >= 0.6 is 0 Å². The molecular formula is C11H12N4O. The molecule has 0 spiro atoms. The second kappa shape index (κ2) is 3.31. The van der Waals surface area contributed by atoms with E-state index < -0.39 is 0 Å². The Kier molecular flexibility index (Phi) is 1.94. The number of hydroxylamine groups is 1. The molecule has 2 aromatic heterocycles. The van der Waals surface area contributed by atoms with Crippen molar-refractivity contribution < 1.29 is 4.84 Å². The Bertz CT molecular complexity index is 573. The van der Waals surface area contributed by atoms with E-state index in [1.807, 2.05) is 36.7 Å². The Hall–Kier alpha value is -1.88. The molecule has 1 N–H and O–H groups in total. The van der Waals surface area contributed by atoms with E-state index in [0.717, 1.165) is 22.7 Å². The van der Waals surface area contributed by atoms with E-state index in [9.17, 15) is 0 Å². The smallest absolute Gasteiger partial charge is 0.158 e. The zero-order valence-corrected chi connectivity index (χ0v) is 9.14. The average molecular weight is 216 g/mol. The maximum atomic E-state index is 4.97. The minimum absolute atomic E-state index is 0.0274. The van der Waals surface area contributed by atoms with Crippen LogP contribution in [0.2, 0.25) is 0 Å². The van der Waals surface area contributed by atoms with Crippen molar-refractivity contribution in [2.45, 2.75) is 19.9 Å². The third-order valence-corrected chi connectivity index (χ3v) is 2.60. The van der Waals surface area contributed by atoms with Gasteiger partial charge >= 0.3 is 0 Å². The summed E-state index contributed by atoms with van der Waals surface area (Å²) in [5, 5.41) is 0. The van der Waals surface area contributed by atoms with Crippen molar-refractivity contribution in [3.63, 3.8) is 0 Å². The van der Waals surface area contributed by atoms with Gasteiger partial charge in [-0.05, 0) is 19.9 Å². The fourth-order valence-corrected chi connectivity index (χ4v) is 1.90. The normalized spacial score (nSPS) is 19.2. The summed E-state index contributed by atoms with van der Waals surface area (Å²) in [7, 11) is 0. The average Bonchev–Trinajstić information content (AvgIpc) is 2.82. The van der Waals surface area contributed by atoms with Crippen LogP contribution in [0.1, 0.15) is 23.1 Å². The third-order valence-electron chi connectivity index (χ3n) is 2.60. The quantitative estimate of drug-likeness (QED) is 0.783. The first-order valence-electron chi connectivity index (χ1n) is 5.15. The lowest BCUT2D eigenvalue weighted by molar-refractivity contribution is 0.141. The molecule has 5 heteroatoms. The molecule has 0 aromatic carbocycles. The van der Waals surface area contributed by atoms with Crippen LogP contribution in [0.3, 0.4) is 0 Å². The zero-order chi connectivity index (χ0) is 11.1. The predicted octanol–water partition coefficient (Wildman–Crippen LogP) is 1.44. The van der Waals surface area contributed by atoms with Crippen molar-refractivity contribution in [1.82, 2.24) is 19.8 Å². The molecule has 0 aliphatic carbocycles. The topological polar surface area (TPSA) is 51.5 Å². The van der Waals surface area contributed by atoms with Crippen LogP contribution in [0.4, 0.5) is 0 Å². The summed E-state index contributed by atoms with van der Waals surface area (Å²) < 4.78 is 2.00. The first-order chi connectivity index (χ1) is 7.74. The van der Waals surface area contributed by atoms with Crippen LogP contribution in [0.5, 0.6) is 0 Å². The number of imidazole rings is 1. The molecule has 0 fully saturated rings. The van der Waals surface area contributed by atoms with Gasteiger partial charge in [0.15, 0.2) is 5.65 Å². The van der Waals surface area contributed by atoms with Crippen molar-refractivity contribution in [2.75, 3.05) is 0 Å². The van der Waals surface area contributed by atoms with Crippen LogP contribution in [0.15, 0.2) is 24.7 Å².